The second-order valence-electron chi connectivity index (χ2n) is 6.66. The summed E-state index contributed by atoms with van der Waals surface area (Å²) >= 11 is 0. The van der Waals surface area contributed by atoms with Gasteiger partial charge in [-0.15, -0.1) is 0 Å². The third-order valence-corrected chi connectivity index (χ3v) is 4.98. The van der Waals surface area contributed by atoms with E-state index in [4.69, 9.17) is 4.74 Å². The number of para-hydroxylation sites is 1. The maximum Gasteiger partial charge on any atom is 0.258 e. The molecule has 4 rings (SSSR count). The quantitative estimate of drug-likeness (QED) is 0.742. The molecule has 0 amide bonds. The Kier molecular flexibility index (Phi) is 5.02. The Bertz CT molecular complexity index is 962. The molecule has 0 radical (unpaired) electrons. The first-order chi connectivity index (χ1) is 13.2. The van der Waals surface area contributed by atoms with E-state index in [0.29, 0.717) is 5.39 Å². The van der Waals surface area contributed by atoms with E-state index in [9.17, 15) is 4.79 Å². The van der Waals surface area contributed by atoms with Gasteiger partial charge in [0.05, 0.1) is 24.2 Å². The van der Waals surface area contributed by atoms with Gasteiger partial charge in [0.15, 0.2) is 0 Å². The van der Waals surface area contributed by atoms with E-state index in [1.54, 1.807) is 19.4 Å². The molecule has 0 aliphatic carbocycles. The largest absolute Gasteiger partial charge is 0.495 e. The van der Waals surface area contributed by atoms with Gasteiger partial charge in [0.2, 0.25) is 0 Å². The number of ether oxygens (including phenoxy) is 1. The Balaban J connectivity index is 1.33. The van der Waals surface area contributed by atoms with Crippen LogP contribution in [0, 0.1) is 0 Å². The minimum absolute atomic E-state index is 0.0639. The van der Waals surface area contributed by atoms with Crippen molar-refractivity contribution in [2.75, 3.05) is 44.7 Å². The molecule has 0 spiro atoms. The molecule has 27 heavy (non-hydrogen) atoms. The van der Waals surface area contributed by atoms with Crippen LogP contribution in [0.3, 0.4) is 0 Å². The number of anilines is 1. The highest BCUT2D eigenvalue weighted by Crippen LogP contribution is 2.17. The smallest absolute Gasteiger partial charge is 0.258 e. The predicted molar refractivity (Wildman–Crippen MR) is 106 cm³/mol. The van der Waals surface area contributed by atoms with Crippen LogP contribution in [-0.4, -0.2) is 59.7 Å². The first kappa shape index (κ1) is 17.5. The Morgan fingerprint density at radius 3 is 2.67 bits per heavy atom. The molecule has 7 nitrogen and oxygen atoms in total. The lowest BCUT2D eigenvalue weighted by Gasteiger charge is -2.35. The number of aromatic amines is 1. The zero-order valence-electron chi connectivity index (χ0n) is 15.4. The molecule has 2 aromatic heterocycles. The molecule has 140 valence electrons. The van der Waals surface area contributed by atoms with E-state index in [1.807, 2.05) is 30.3 Å². The second kappa shape index (κ2) is 7.75. The number of hydrogen-bond donors (Lipinski definition) is 1. The molecule has 7 heteroatoms. The summed E-state index contributed by atoms with van der Waals surface area (Å²) in [4.78, 5) is 28.8. The Hall–Kier alpha value is -2.93. The lowest BCUT2D eigenvalue weighted by atomic mass is 10.2. The third kappa shape index (κ3) is 3.93. The van der Waals surface area contributed by atoms with Crippen LogP contribution >= 0.6 is 0 Å². The van der Waals surface area contributed by atoms with Crippen LogP contribution in [0.1, 0.15) is 5.82 Å². The molecule has 0 saturated carbocycles. The molecular formula is C20H23N5O2. The van der Waals surface area contributed by atoms with Crippen molar-refractivity contribution in [1.82, 2.24) is 19.9 Å². The number of methoxy groups -OCH3 is 1. The van der Waals surface area contributed by atoms with Gasteiger partial charge in [-0.2, -0.15) is 0 Å². The van der Waals surface area contributed by atoms with Crippen molar-refractivity contribution in [1.29, 1.82) is 0 Å². The van der Waals surface area contributed by atoms with Gasteiger partial charge < -0.3 is 14.6 Å². The van der Waals surface area contributed by atoms with Crippen LogP contribution in [0.2, 0.25) is 0 Å². The van der Waals surface area contributed by atoms with Gasteiger partial charge in [0, 0.05) is 39.1 Å². The Morgan fingerprint density at radius 1 is 1.11 bits per heavy atom. The molecule has 0 atom stereocenters. The predicted octanol–water partition coefficient (Wildman–Crippen LogP) is 1.69. The van der Waals surface area contributed by atoms with Crippen molar-refractivity contribution in [3.63, 3.8) is 0 Å². The molecule has 0 unspecified atom stereocenters. The maximum absolute atomic E-state index is 12.2. The Labute approximate surface area is 157 Å². The topological polar surface area (TPSA) is 74.3 Å². The molecule has 3 heterocycles. The highest BCUT2D eigenvalue weighted by atomic mass is 16.5. The lowest BCUT2D eigenvalue weighted by molar-refractivity contribution is 0.259. The number of benzene rings is 1. The molecule has 1 aromatic carbocycles. The summed E-state index contributed by atoms with van der Waals surface area (Å²) in [5.41, 5.74) is 0.692. The summed E-state index contributed by atoms with van der Waals surface area (Å²) < 4.78 is 5.16. The van der Waals surface area contributed by atoms with Crippen LogP contribution in [0.15, 0.2) is 47.4 Å². The number of nitrogens with zero attached hydrogens (tertiary/aromatic N) is 4. The van der Waals surface area contributed by atoms with Crippen molar-refractivity contribution in [3.05, 3.63) is 58.8 Å². The van der Waals surface area contributed by atoms with Gasteiger partial charge in [-0.25, -0.2) is 9.97 Å². The average molecular weight is 365 g/mol. The number of rotatable bonds is 5. The number of aromatic nitrogens is 3. The average Bonchev–Trinajstić information content (AvgIpc) is 2.73. The second-order valence-corrected chi connectivity index (χ2v) is 6.66. The van der Waals surface area contributed by atoms with Crippen LogP contribution in [0.25, 0.3) is 10.9 Å². The summed E-state index contributed by atoms with van der Waals surface area (Å²) in [7, 11) is 1.65. The van der Waals surface area contributed by atoms with Crippen molar-refractivity contribution in [3.8, 4) is 5.75 Å². The van der Waals surface area contributed by atoms with Gasteiger partial charge in [-0.1, -0.05) is 12.1 Å². The summed E-state index contributed by atoms with van der Waals surface area (Å²) in [6.07, 6.45) is 2.49. The SMILES string of the molecule is COc1ccc(N2CCN(CCc3nc4ccccc4c(=O)[nH]3)CC2)nc1. The van der Waals surface area contributed by atoms with Crippen LogP contribution in [0.4, 0.5) is 5.82 Å². The normalized spacial score (nSPS) is 15.2. The van der Waals surface area contributed by atoms with E-state index >= 15 is 0 Å². The number of nitrogens with one attached hydrogen (secondary N) is 1. The highest BCUT2D eigenvalue weighted by Gasteiger charge is 2.18. The molecule has 1 saturated heterocycles. The monoisotopic (exact) mass is 365 g/mol. The minimum Gasteiger partial charge on any atom is -0.495 e. The molecule has 1 aliphatic heterocycles. The summed E-state index contributed by atoms with van der Waals surface area (Å²) in [5.74, 6) is 2.50. The van der Waals surface area contributed by atoms with Crippen molar-refractivity contribution in [2.45, 2.75) is 6.42 Å². The molecule has 0 bridgehead atoms. The van der Waals surface area contributed by atoms with Gasteiger partial charge in [0.1, 0.15) is 17.4 Å². The highest BCUT2D eigenvalue weighted by molar-refractivity contribution is 5.77. The fourth-order valence-corrected chi connectivity index (χ4v) is 3.40. The lowest BCUT2D eigenvalue weighted by Crippen LogP contribution is -2.47. The fraction of sp³-hybridized carbons (Fsp3) is 0.350. The zero-order valence-corrected chi connectivity index (χ0v) is 15.4. The molecule has 1 fully saturated rings. The Morgan fingerprint density at radius 2 is 1.93 bits per heavy atom. The molecular weight excluding hydrogens is 342 g/mol. The standard InChI is InChI=1S/C20H23N5O2/c1-27-15-6-7-19(21-14-15)25-12-10-24(11-13-25)9-8-18-22-17-5-3-2-4-16(17)20(26)23-18/h2-7,14H,8-13H2,1H3,(H,22,23,26). The number of piperazine rings is 1. The van der Waals surface area contributed by atoms with E-state index in [2.05, 4.69) is 24.8 Å². The van der Waals surface area contributed by atoms with Crippen LogP contribution < -0.4 is 15.2 Å². The number of pyridine rings is 1. The van der Waals surface area contributed by atoms with E-state index in [1.165, 1.54) is 0 Å². The molecule has 1 N–H and O–H groups in total. The van der Waals surface area contributed by atoms with E-state index < -0.39 is 0 Å². The zero-order chi connectivity index (χ0) is 18.6. The minimum atomic E-state index is -0.0639. The van der Waals surface area contributed by atoms with Crippen molar-refractivity contribution >= 4 is 16.7 Å². The molecule has 3 aromatic rings. The number of fused-ring (bicyclic) bond motifs is 1. The van der Waals surface area contributed by atoms with Crippen molar-refractivity contribution < 1.29 is 4.74 Å². The summed E-state index contributed by atoms with van der Waals surface area (Å²) in [6.45, 7) is 4.67. The third-order valence-electron chi connectivity index (χ3n) is 4.98. The first-order valence-electron chi connectivity index (χ1n) is 9.18. The fourth-order valence-electron chi connectivity index (χ4n) is 3.40. The summed E-state index contributed by atoms with van der Waals surface area (Å²) in [6, 6.07) is 11.4. The first-order valence-corrected chi connectivity index (χ1v) is 9.18. The van der Waals surface area contributed by atoms with Gasteiger partial charge in [0.25, 0.3) is 5.56 Å². The van der Waals surface area contributed by atoms with E-state index in [0.717, 1.165) is 62.1 Å². The number of H-pyrrole nitrogens is 1. The maximum atomic E-state index is 12.2. The summed E-state index contributed by atoms with van der Waals surface area (Å²) in [5, 5.41) is 0.641. The van der Waals surface area contributed by atoms with Gasteiger partial charge in [-0.05, 0) is 24.3 Å². The van der Waals surface area contributed by atoms with Gasteiger partial charge in [-0.3, -0.25) is 9.69 Å². The number of hydrogen-bond acceptors (Lipinski definition) is 6. The van der Waals surface area contributed by atoms with E-state index in [-0.39, 0.29) is 5.56 Å². The van der Waals surface area contributed by atoms with Crippen LogP contribution in [-0.2, 0) is 6.42 Å². The van der Waals surface area contributed by atoms with Gasteiger partial charge >= 0.3 is 0 Å². The molecule has 1 aliphatic rings. The van der Waals surface area contributed by atoms with Crippen LogP contribution in [0.5, 0.6) is 5.75 Å². The van der Waals surface area contributed by atoms with Crippen molar-refractivity contribution in [2.24, 2.45) is 0 Å².